The molecule has 0 unspecified atom stereocenters. The minimum absolute atomic E-state index is 0.0512. The number of benzene rings is 1. The van der Waals surface area contributed by atoms with E-state index in [1.54, 1.807) is 19.2 Å². The van der Waals surface area contributed by atoms with Crippen molar-refractivity contribution in [2.75, 3.05) is 38.3 Å². The smallest absolute Gasteiger partial charge is 0.223 e. The molecule has 6 nitrogen and oxygen atoms in total. The number of piperidine rings is 1. The van der Waals surface area contributed by atoms with Crippen LogP contribution in [0.3, 0.4) is 0 Å². The van der Waals surface area contributed by atoms with Gasteiger partial charge < -0.3 is 15.0 Å². The van der Waals surface area contributed by atoms with Crippen molar-refractivity contribution in [1.29, 1.82) is 0 Å². The molecular formula is C20H25FN4O2. The largest absolute Gasteiger partial charge is 0.385 e. The zero-order valence-electron chi connectivity index (χ0n) is 15.5. The van der Waals surface area contributed by atoms with Gasteiger partial charge in [-0.1, -0.05) is 0 Å². The molecule has 0 atom stereocenters. The van der Waals surface area contributed by atoms with Gasteiger partial charge in [-0.3, -0.25) is 4.79 Å². The summed E-state index contributed by atoms with van der Waals surface area (Å²) in [5, 5.41) is 11.5. The van der Waals surface area contributed by atoms with Gasteiger partial charge in [-0.2, -0.15) is 0 Å². The first kappa shape index (κ1) is 19.2. The van der Waals surface area contributed by atoms with Crippen molar-refractivity contribution in [1.82, 2.24) is 15.5 Å². The number of halogens is 1. The van der Waals surface area contributed by atoms with Crippen molar-refractivity contribution in [3.63, 3.8) is 0 Å². The topological polar surface area (TPSA) is 67.3 Å². The van der Waals surface area contributed by atoms with E-state index in [4.69, 9.17) is 4.74 Å². The van der Waals surface area contributed by atoms with Crippen LogP contribution >= 0.6 is 0 Å². The maximum Gasteiger partial charge on any atom is 0.223 e. The Morgan fingerprint density at radius 3 is 2.56 bits per heavy atom. The fourth-order valence-electron chi connectivity index (χ4n) is 3.21. The summed E-state index contributed by atoms with van der Waals surface area (Å²) in [4.78, 5) is 14.4. The molecule has 1 aliphatic heterocycles. The van der Waals surface area contributed by atoms with Crippen LogP contribution in [0.2, 0.25) is 0 Å². The van der Waals surface area contributed by atoms with Crippen LogP contribution in [0.25, 0.3) is 11.3 Å². The lowest BCUT2D eigenvalue weighted by atomic mass is 9.96. The molecule has 2 aromatic rings. The van der Waals surface area contributed by atoms with Gasteiger partial charge in [0.2, 0.25) is 5.91 Å². The van der Waals surface area contributed by atoms with E-state index in [-0.39, 0.29) is 17.6 Å². The molecule has 0 radical (unpaired) electrons. The molecule has 2 heterocycles. The molecule has 1 aromatic carbocycles. The Bertz CT molecular complexity index is 729. The highest BCUT2D eigenvalue weighted by molar-refractivity contribution is 5.78. The summed E-state index contributed by atoms with van der Waals surface area (Å²) in [5.41, 5.74) is 1.54. The van der Waals surface area contributed by atoms with Gasteiger partial charge in [0, 0.05) is 44.8 Å². The number of anilines is 1. The Balaban J connectivity index is 1.50. The van der Waals surface area contributed by atoms with Crippen LogP contribution in [0.1, 0.15) is 19.3 Å². The fourth-order valence-corrected chi connectivity index (χ4v) is 3.21. The lowest BCUT2D eigenvalue weighted by molar-refractivity contribution is -0.125. The van der Waals surface area contributed by atoms with Gasteiger partial charge in [0.1, 0.15) is 5.82 Å². The Morgan fingerprint density at radius 2 is 1.93 bits per heavy atom. The highest BCUT2D eigenvalue weighted by Crippen LogP contribution is 2.23. The number of carbonyl (C=O) groups excluding carboxylic acids is 1. The molecule has 0 spiro atoms. The zero-order valence-corrected chi connectivity index (χ0v) is 15.5. The second kappa shape index (κ2) is 9.41. The molecule has 0 aliphatic carbocycles. The van der Waals surface area contributed by atoms with Gasteiger partial charge in [0.15, 0.2) is 5.82 Å². The van der Waals surface area contributed by atoms with Gasteiger partial charge in [-0.25, -0.2) is 4.39 Å². The molecule has 3 rings (SSSR count). The number of ether oxygens (including phenoxy) is 1. The lowest BCUT2D eigenvalue weighted by Crippen LogP contribution is -2.41. The molecule has 1 saturated heterocycles. The number of nitrogens with one attached hydrogen (secondary N) is 1. The summed E-state index contributed by atoms with van der Waals surface area (Å²) in [7, 11) is 1.66. The Hall–Kier alpha value is -2.54. The maximum absolute atomic E-state index is 13.0. The highest BCUT2D eigenvalue weighted by Gasteiger charge is 2.25. The van der Waals surface area contributed by atoms with E-state index in [9.17, 15) is 9.18 Å². The van der Waals surface area contributed by atoms with Crippen molar-refractivity contribution < 1.29 is 13.9 Å². The number of nitrogens with zero attached hydrogens (tertiary/aromatic N) is 3. The van der Waals surface area contributed by atoms with Crippen molar-refractivity contribution in [3.05, 3.63) is 42.2 Å². The van der Waals surface area contributed by atoms with Crippen LogP contribution < -0.4 is 10.2 Å². The summed E-state index contributed by atoms with van der Waals surface area (Å²) in [6.45, 7) is 2.87. The fraction of sp³-hybridized carbons (Fsp3) is 0.450. The molecule has 0 saturated carbocycles. The summed E-state index contributed by atoms with van der Waals surface area (Å²) in [6.07, 6.45) is 2.44. The molecule has 7 heteroatoms. The standard InChI is InChI=1S/C20H25FN4O2/c1-27-14-2-11-22-20(26)16-9-12-25(13-10-16)19-8-7-18(23-24-19)15-3-5-17(21)6-4-15/h3-8,16H,2,9-14H2,1H3,(H,22,26). The SMILES string of the molecule is COCCCNC(=O)C1CCN(c2ccc(-c3ccc(F)cc3)nn2)CC1. The van der Waals surface area contributed by atoms with E-state index in [0.29, 0.717) is 18.8 Å². The number of hydrogen-bond donors (Lipinski definition) is 1. The predicted octanol–water partition coefficient (Wildman–Crippen LogP) is 2.65. The molecule has 27 heavy (non-hydrogen) atoms. The molecular weight excluding hydrogens is 347 g/mol. The monoisotopic (exact) mass is 372 g/mol. The summed E-state index contributed by atoms with van der Waals surface area (Å²) in [5.74, 6) is 0.715. The highest BCUT2D eigenvalue weighted by atomic mass is 19.1. The molecule has 1 aromatic heterocycles. The van der Waals surface area contributed by atoms with Crippen LogP contribution in [0.15, 0.2) is 36.4 Å². The average Bonchev–Trinajstić information content (AvgIpc) is 2.72. The van der Waals surface area contributed by atoms with Crippen LogP contribution in [0, 0.1) is 11.7 Å². The van der Waals surface area contributed by atoms with E-state index in [0.717, 1.165) is 43.7 Å². The number of amides is 1. The number of hydrogen-bond acceptors (Lipinski definition) is 5. The first-order chi connectivity index (χ1) is 13.2. The summed E-state index contributed by atoms with van der Waals surface area (Å²) >= 11 is 0. The number of rotatable bonds is 7. The van der Waals surface area contributed by atoms with E-state index < -0.39 is 0 Å². The van der Waals surface area contributed by atoms with Crippen LogP contribution in [0.4, 0.5) is 10.2 Å². The molecule has 0 bridgehead atoms. The first-order valence-corrected chi connectivity index (χ1v) is 9.28. The van der Waals surface area contributed by atoms with Gasteiger partial charge in [-0.15, -0.1) is 10.2 Å². The minimum atomic E-state index is -0.270. The van der Waals surface area contributed by atoms with E-state index >= 15 is 0 Å². The second-order valence-corrected chi connectivity index (χ2v) is 6.68. The third-order valence-corrected chi connectivity index (χ3v) is 4.80. The molecule has 1 fully saturated rings. The lowest BCUT2D eigenvalue weighted by Gasteiger charge is -2.31. The van der Waals surface area contributed by atoms with Gasteiger partial charge in [0.05, 0.1) is 5.69 Å². The number of carbonyl (C=O) groups is 1. The Kier molecular flexibility index (Phi) is 6.70. The van der Waals surface area contributed by atoms with Crippen molar-refractivity contribution in [2.45, 2.75) is 19.3 Å². The quantitative estimate of drug-likeness (QED) is 0.757. The van der Waals surface area contributed by atoms with E-state index in [1.807, 2.05) is 12.1 Å². The second-order valence-electron chi connectivity index (χ2n) is 6.68. The molecule has 144 valence electrons. The Labute approximate surface area is 158 Å². The molecule has 1 aliphatic rings. The molecule has 1 N–H and O–H groups in total. The van der Waals surface area contributed by atoms with Crippen LogP contribution in [-0.4, -0.2) is 49.5 Å². The van der Waals surface area contributed by atoms with Gasteiger partial charge in [0.25, 0.3) is 0 Å². The van der Waals surface area contributed by atoms with Crippen molar-refractivity contribution in [3.8, 4) is 11.3 Å². The van der Waals surface area contributed by atoms with Crippen molar-refractivity contribution in [2.24, 2.45) is 5.92 Å². The van der Waals surface area contributed by atoms with Crippen LogP contribution in [0.5, 0.6) is 0 Å². The summed E-state index contributed by atoms with van der Waals surface area (Å²) < 4.78 is 18.0. The van der Waals surface area contributed by atoms with Gasteiger partial charge in [-0.05, 0) is 55.7 Å². The van der Waals surface area contributed by atoms with Crippen LogP contribution in [-0.2, 0) is 9.53 Å². The van der Waals surface area contributed by atoms with E-state index in [2.05, 4.69) is 20.4 Å². The predicted molar refractivity (Wildman–Crippen MR) is 102 cm³/mol. The van der Waals surface area contributed by atoms with Crippen molar-refractivity contribution >= 4 is 11.7 Å². The third-order valence-electron chi connectivity index (χ3n) is 4.80. The average molecular weight is 372 g/mol. The number of aromatic nitrogens is 2. The minimum Gasteiger partial charge on any atom is -0.385 e. The Morgan fingerprint density at radius 1 is 1.19 bits per heavy atom. The zero-order chi connectivity index (χ0) is 19.1. The maximum atomic E-state index is 13.0. The first-order valence-electron chi connectivity index (χ1n) is 9.28. The summed E-state index contributed by atoms with van der Waals surface area (Å²) in [6, 6.07) is 10.0. The van der Waals surface area contributed by atoms with Gasteiger partial charge >= 0.3 is 0 Å². The normalized spacial score (nSPS) is 15.0. The molecule has 1 amide bonds. The number of methoxy groups -OCH3 is 1. The van der Waals surface area contributed by atoms with E-state index in [1.165, 1.54) is 12.1 Å². The third kappa shape index (κ3) is 5.23.